The van der Waals surface area contributed by atoms with Gasteiger partial charge in [0, 0.05) is 24.0 Å². The number of hydrogen-bond donors (Lipinski definition) is 1. The molecule has 0 radical (unpaired) electrons. The smallest absolute Gasteiger partial charge is 0.328 e. The van der Waals surface area contributed by atoms with E-state index in [0.717, 1.165) is 17.0 Å². The number of nitrogens with zero attached hydrogens (tertiary/aromatic N) is 1. The fraction of sp³-hybridized carbons (Fsp3) is 0.583. The minimum atomic E-state index is -0.650. The van der Waals surface area contributed by atoms with E-state index < -0.39 is 12.0 Å². The first-order valence-corrected chi connectivity index (χ1v) is 6.85. The third kappa shape index (κ3) is 4.51. The minimum absolute atomic E-state index is 0.0131. The molecule has 0 fully saturated rings. The molecular formula is C12H18N2O4S. The second-order valence-electron chi connectivity index (χ2n) is 4.21. The van der Waals surface area contributed by atoms with Gasteiger partial charge in [-0.05, 0) is 20.3 Å². The van der Waals surface area contributed by atoms with E-state index in [1.54, 1.807) is 16.9 Å². The van der Waals surface area contributed by atoms with E-state index >= 15 is 0 Å². The second-order valence-corrected chi connectivity index (χ2v) is 5.03. The van der Waals surface area contributed by atoms with Gasteiger partial charge in [0.15, 0.2) is 0 Å². The lowest BCUT2D eigenvalue weighted by Gasteiger charge is -2.11. The topological polar surface area (TPSA) is 77.4 Å². The van der Waals surface area contributed by atoms with E-state index in [1.165, 1.54) is 7.11 Å². The van der Waals surface area contributed by atoms with E-state index in [1.807, 2.05) is 6.92 Å². The SMILES string of the molecule is COC(=O)C(C)NC(=O)CCCn1c(C)csc1=O. The maximum Gasteiger partial charge on any atom is 0.328 e. The number of aromatic nitrogens is 1. The predicted molar refractivity (Wildman–Crippen MR) is 72.2 cm³/mol. The largest absolute Gasteiger partial charge is 0.467 e. The fourth-order valence-electron chi connectivity index (χ4n) is 1.62. The Morgan fingerprint density at radius 2 is 2.21 bits per heavy atom. The summed E-state index contributed by atoms with van der Waals surface area (Å²) in [6.07, 6.45) is 0.820. The Hall–Kier alpha value is -1.63. The molecule has 7 heteroatoms. The molecule has 6 nitrogen and oxygen atoms in total. The van der Waals surface area contributed by atoms with E-state index in [2.05, 4.69) is 10.1 Å². The third-order valence-corrected chi connectivity index (χ3v) is 3.58. The Morgan fingerprint density at radius 1 is 1.53 bits per heavy atom. The molecule has 0 aliphatic carbocycles. The van der Waals surface area contributed by atoms with Crippen LogP contribution >= 0.6 is 11.3 Å². The number of methoxy groups -OCH3 is 1. The molecule has 0 aromatic carbocycles. The van der Waals surface area contributed by atoms with Gasteiger partial charge in [-0.25, -0.2) is 4.79 Å². The summed E-state index contributed by atoms with van der Waals surface area (Å²) in [6.45, 7) is 3.93. The molecule has 1 N–H and O–H groups in total. The van der Waals surface area contributed by atoms with Gasteiger partial charge in [-0.2, -0.15) is 0 Å². The van der Waals surface area contributed by atoms with Gasteiger partial charge in [0.05, 0.1) is 7.11 Å². The molecule has 1 unspecified atom stereocenters. The summed E-state index contributed by atoms with van der Waals surface area (Å²) >= 11 is 1.15. The lowest BCUT2D eigenvalue weighted by atomic mass is 10.2. The van der Waals surface area contributed by atoms with Crippen LogP contribution < -0.4 is 10.2 Å². The van der Waals surface area contributed by atoms with E-state index in [4.69, 9.17) is 0 Å². The molecule has 0 saturated carbocycles. The molecule has 106 valence electrons. The third-order valence-electron chi connectivity index (χ3n) is 2.69. The Labute approximate surface area is 115 Å². The lowest BCUT2D eigenvalue weighted by Crippen LogP contribution is -2.39. The molecule has 0 spiro atoms. The van der Waals surface area contributed by atoms with Crippen molar-refractivity contribution in [2.75, 3.05) is 7.11 Å². The van der Waals surface area contributed by atoms with Gasteiger partial charge in [0.2, 0.25) is 5.91 Å². The average molecular weight is 286 g/mol. The van der Waals surface area contributed by atoms with Crippen molar-refractivity contribution < 1.29 is 14.3 Å². The molecule has 1 heterocycles. The molecule has 0 saturated heterocycles. The van der Waals surface area contributed by atoms with Gasteiger partial charge in [-0.15, -0.1) is 0 Å². The van der Waals surface area contributed by atoms with Crippen molar-refractivity contribution in [2.45, 2.75) is 39.3 Å². The molecule has 0 aliphatic rings. The molecule has 19 heavy (non-hydrogen) atoms. The summed E-state index contributed by atoms with van der Waals surface area (Å²) in [7, 11) is 1.27. The van der Waals surface area contributed by atoms with Crippen molar-refractivity contribution in [2.24, 2.45) is 0 Å². The normalized spacial score (nSPS) is 11.9. The zero-order valence-electron chi connectivity index (χ0n) is 11.3. The van der Waals surface area contributed by atoms with Gasteiger partial charge >= 0.3 is 10.8 Å². The molecule has 1 aromatic heterocycles. The molecule has 0 bridgehead atoms. The van der Waals surface area contributed by atoms with E-state index in [9.17, 15) is 14.4 Å². The number of carbonyl (C=O) groups is 2. The average Bonchev–Trinajstić information content (AvgIpc) is 2.69. The molecule has 1 amide bonds. The van der Waals surface area contributed by atoms with Crippen molar-refractivity contribution in [3.05, 3.63) is 20.7 Å². The zero-order valence-corrected chi connectivity index (χ0v) is 12.1. The first kappa shape index (κ1) is 15.4. The lowest BCUT2D eigenvalue weighted by molar-refractivity contribution is -0.144. The highest BCUT2D eigenvalue weighted by Gasteiger charge is 2.15. The standard InChI is InChI=1S/C12H18N2O4S/c1-8-7-19-12(17)14(8)6-4-5-10(15)13-9(2)11(16)18-3/h7,9H,4-6H2,1-3H3,(H,13,15). The number of ether oxygens (including phenoxy) is 1. The molecule has 0 aliphatic heterocycles. The number of nitrogens with one attached hydrogen (secondary N) is 1. The summed E-state index contributed by atoms with van der Waals surface area (Å²) in [5.74, 6) is -0.697. The summed E-state index contributed by atoms with van der Waals surface area (Å²) in [5, 5.41) is 4.34. The maximum absolute atomic E-state index is 11.6. The Kier molecular flexibility index (Phi) is 5.75. The number of aryl methyl sites for hydroxylation is 1. The maximum atomic E-state index is 11.6. The van der Waals surface area contributed by atoms with Crippen LogP contribution in [0, 0.1) is 6.92 Å². The van der Waals surface area contributed by atoms with E-state index in [-0.39, 0.29) is 17.2 Å². The fourth-order valence-corrected chi connectivity index (χ4v) is 2.38. The van der Waals surface area contributed by atoms with Gasteiger partial charge in [-0.3, -0.25) is 9.59 Å². The first-order valence-electron chi connectivity index (χ1n) is 5.97. The van der Waals surface area contributed by atoms with E-state index in [0.29, 0.717) is 13.0 Å². The van der Waals surface area contributed by atoms with Crippen LogP contribution in [-0.2, 0) is 20.9 Å². The number of hydrogen-bond acceptors (Lipinski definition) is 5. The summed E-state index contributed by atoms with van der Waals surface area (Å²) in [4.78, 5) is 34.1. The highest BCUT2D eigenvalue weighted by Crippen LogP contribution is 2.02. The van der Waals surface area contributed by atoms with Crippen LogP contribution in [-0.4, -0.2) is 29.6 Å². The number of thiazole rings is 1. The number of esters is 1. The molecule has 1 rings (SSSR count). The van der Waals surface area contributed by atoms with Gasteiger partial charge in [0.1, 0.15) is 6.04 Å². The van der Waals surface area contributed by atoms with Gasteiger partial charge in [0.25, 0.3) is 0 Å². The van der Waals surface area contributed by atoms with Crippen LogP contribution in [0.15, 0.2) is 10.2 Å². The van der Waals surface area contributed by atoms with Crippen molar-refractivity contribution in [1.29, 1.82) is 0 Å². The highest BCUT2D eigenvalue weighted by atomic mass is 32.1. The van der Waals surface area contributed by atoms with Crippen LogP contribution in [0.1, 0.15) is 25.5 Å². The minimum Gasteiger partial charge on any atom is -0.467 e. The van der Waals surface area contributed by atoms with Crippen LogP contribution in [0.2, 0.25) is 0 Å². The van der Waals surface area contributed by atoms with Crippen LogP contribution in [0.3, 0.4) is 0 Å². The quantitative estimate of drug-likeness (QED) is 0.780. The second kappa shape index (κ2) is 7.08. The summed E-state index contributed by atoms with van der Waals surface area (Å²) in [6, 6.07) is -0.650. The monoisotopic (exact) mass is 286 g/mol. The molecule has 1 atom stereocenters. The number of rotatable bonds is 6. The zero-order chi connectivity index (χ0) is 14.4. The van der Waals surface area contributed by atoms with Crippen LogP contribution in [0.4, 0.5) is 0 Å². The van der Waals surface area contributed by atoms with Crippen LogP contribution in [0.25, 0.3) is 0 Å². The number of carbonyl (C=O) groups excluding carboxylic acids is 2. The summed E-state index contributed by atoms with van der Waals surface area (Å²) < 4.78 is 6.15. The Morgan fingerprint density at radius 3 is 2.74 bits per heavy atom. The van der Waals surface area contributed by atoms with Gasteiger partial charge < -0.3 is 14.6 Å². The van der Waals surface area contributed by atoms with Crippen molar-refractivity contribution >= 4 is 23.2 Å². The highest BCUT2D eigenvalue weighted by molar-refractivity contribution is 7.07. The van der Waals surface area contributed by atoms with Crippen molar-refractivity contribution in [3.63, 3.8) is 0 Å². The van der Waals surface area contributed by atoms with Crippen molar-refractivity contribution in [3.8, 4) is 0 Å². The molecular weight excluding hydrogens is 268 g/mol. The summed E-state index contributed by atoms with van der Waals surface area (Å²) in [5.41, 5.74) is 0.901. The Bertz CT molecular complexity index is 506. The Balaban J connectivity index is 2.36. The van der Waals surface area contributed by atoms with Gasteiger partial charge in [-0.1, -0.05) is 11.3 Å². The molecule has 1 aromatic rings. The predicted octanol–water partition coefficient (Wildman–Crippen LogP) is 0.676. The number of amides is 1. The van der Waals surface area contributed by atoms with Crippen molar-refractivity contribution in [1.82, 2.24) is 9.88 Å². The van der Waals surface area contributed by atoms with Crippen LogP contribution in [0.5, 0.6) is 0 Å². The first-order chi connectivity index (χ1) is 8.95.